The minimum atomic E-state index is -0.463. The lowest BCUT2D eigenvalue weighted by Gasteiger charge is -2.04. The number of nitrogens with one attached hydrogen (secondary N) is 2. The quantitative estimate of drug-likeness (QED) is 0.430. The van der Waals surface area contributed by atoms with Gasteiger partial charge in [-0.15, -0.1) is 11.3 Å². The summed E-state index contributed by atoms with van der Waals surface area (Å²) in [5.41, 5.74) is 3.23. The van der Waals surface area contributed by atoms with E-state index < -0.39 is 5.97 Å². The van der Waals surface area contributed by atoms with Gasteiger partial charge in [0.25, 0.3) is 0 Å². The summed E-state index contributed by atoms with van der Waals surface area (Å²) in [6.45, 7) is 2.76. The first kappa shape index (κ1) is 20.6. The Hall–Kier alpha value is -3.66. The highest BCUT2D eigenvalue weighted by Crippen LogP contribution is 2.26. The van der Waals surface area contributed by atoms with E-state index in [9.17, 15) is 14.4 Å². The summed E-state index contributed by atoms with van der Waals surface area (Å²) < 4.78 is 8.00. The highest BCUT2D eigenvalue weighted by molar-refractivity contribution is 7.14. The van der Waals surface area contributed by atoms with Crippen molar-refractivity contribution in [3.8, 4) is 11.3 Å². The van der Waals surface area contributed by atoms with Gasteiger partial charge in [0.1, 0.15) is 5.69 Å². The number of hydrogen-bond donors (Lipinski definition) is 2. The van der Waals surface area contributed by atoms with Crippen LogP contribution in [-0.2, 0) is 22.6 Å². The van der Waals surface area contributed by atoms with Crippen LogP contribution in [0.5, 0.6) is 0 Å². The molecule has 3 aromatic heterocycles. The average molecular weight is 439 g/mol. The number of anilines is 1. The Bertz CT molecular complexity index is 1310. The van der Waals surface area contributed by atoms with E-state index >= 15 is 0 Å². The van der Waals surface area contributed by atoms with Crippen LogP contribution >= 0.6 is 11.3 Å². The number of rotatable bonds is 7. The van der Waals surface area contributed by atoms with Gasteiger partial charge in [-0.2, -0.15) is 0 Å². The van der Waals surface area contributed by atoms with Crippen molar-refractivity contribution in [3.05, 3.63) is 58.1 Å². The van der Waals surface area contributed by atoms with Gasteiger partial charge in [0, 0.05) is 36.7 Å². The van der Waals surface area contributed by atoms with Gasteiger partial charge in [-0.25, -0.2) is 14.6 Å². The first-order valence-electron chi connectivity index (χ1n) is 9.72. The predicted molar refractivity (Wildman–Crippen MR) is 118 cm³/mol. The maximum atomic E-state index is 12.7. The Kier molecular flexibility index (Phi) is 5.72. The van der Waals surface area contributed by atoms with E-state index in [-0.39, 0.29) is 24.6 Å². The van der Waals surface area contributed by atoms with Gasteiger partial charge in [-0.3, -0.25) is 13.9 Å². The first-order valence-corrected chi connectivity index (χ1v) is 10.6. The summed E-state index contributed by atoms with van der Waals surface area (Å²) in [5.74, 6) is -0.694. The van der Waals surface area contributed by atoms with E-state index in [2.05, 4.69) is 20.0 Å². The number of aromatic amines is 1. The molecule has 0 radical (unpaired) electrons. The molecule has 3 heterocycles. The molecule has 0 saturated heterocycles. The average Bonchev–Trinajstić information content (AvgIpc) is 3.49. The van der Waals surface area contributed by atoms with Crippen molar-refractivity contribution in [1.82, 2.24) is 19.1 Å². The van der Waals surface area contributed by atoms with Crippen LogP contribution in [0, 0.1) is 0 Å². The molecule has 9 nitrogen and oxygen atoms in total. The third kappa shape index (κ3) is 4.02. The van der Waals surface area contributed by atoms with E-state index in [1.54, 1.807) is 26.8 Å². The summed E-state index contributed by atoms with van der Waals surface area (Å²) in [4.78, 5) is 43.9. The number of imidazole rings is 1. The zero-order valence-corrected chi connectivity index (χ0v) is 17.9. The second-order valence-electron chi connectivity index (χ2n) is 6.80. The third-order valence-corrected chi connectivity index (χ3v) is 5.70. The van der Waals surface area contributed by atoms with E-state index in [4.69, 9.17) is 0 Å². The van der Waals surface area contributed by atoms with Crippen LogP contribution in [0.1, 0.15) is 23.8 Å². The Morgan fingerprint density at radius 3 is 2.68 bits per heavy atom. The van der Waals surface area contributed by atoms with Gasteiger partial charge in [0.15, 0.2) is 5.13 Å². The number of para-hydroxylation sites is 2. The number of hydrogen-bond acceptors (Lipinski definition) is 6. The van der Waals surface area contributed by atoms with Crippen LogP contribution in [-0.4, -0.2) is 38.1 Å². The molecule has 0 aliphatic heterocycles. The van der Waals surface area contributed by atoms with Crippen molar-refractivity contribution >= 4 is 39.4 Å². The van der Waals surface area contributed by atoms with Crippen molar-refractivity contribution in [1.29, 1.82) is 0 Å². The number of carbonyl (C=O) groups excluding carboxylic acids is 2. The van der Waals surface area contributed by atoms with Gasteiger partial charge in [0.05, 0.1) is 23.8 Å². The number of ether oxygens (including phenoxy) is 1. The molecule has 1 amide bonds. The molecule has 4 aromatic rings. The maximum absolute atomic E-state index is 12.7. The maximum Gasteiger partial charge on any atom is 0.354 e. The zero-order valence-electron chi connectivity index (χ0n) is 17.0. The molecule has 160 valence electrons. The van der Waals surface area contributed by atoms with Crippen molar-refractivity contribution in [3.63, 3.8) is 0 Å². The smallest absolute Gasteiger partial charge is 0.354 e. The molecule has 0 aliphatic rings. The summed E-state index contributed by atoms with van der Waals surface area (Å²) >= 11 is 1.29. The lowest BCUT2D eigenvalue weighted by atomic mass is 10.2. The molecule has 0 saturated carbocycles. The highest BCUT2D eigenvalue weighted by Gasteiger charge is 2.15. The fourth-order valence-corrected chi connectivity index (χ4v) is 4.16. The Labute approximate surface area is 181 Å². The molecule has 0 aliphatic carbocycles. The van der Waals surface area contributed by atoms with Gasteiger partial charge >= 0.3 is 11.7 Å². The molecule has 4 rings (SSSR count). The summed E-state index contributed by atoms with van der Waals surface area (Å²) in [7, 11) is 1.31. The summed E-state index contributed by atoms with van der Waals surface area (Å²) in [6.07, 6.45) is 1.80. The number of aromatic nitrogens is 4. The van der Waals surface area contributed by atoms with Crippen molar-refractivity contribution in [2.75, 3.05) is 12.4 Å². The zero-order chi connectivity index (χ0) is 22.0. The summed E-state index contributed by atoms with van der Waals surface area (Å²) in [6, 6.07) is 9.20. The number of thiazole rings is 1. The van der Waals surface area contributed by atoms with Crippen LogP contribution in [0.2, 0.25) is 0 Å². The topological polar surface area (TPSA) is 111 Å². The van der Waals surface area contributed by atoms with Gasteiger partial charge in [-0.1, -0.05) is 12.1 Å². The molecule has 10 heteroatoms. The number of nitrogens with zero attached hydrogens (tertiary/aromatic N) is 3. The van der Waals surface area contributed by atoms with Crippen LogP contribution in [0.4, 0.5) is 5.13 Å². The Morgan fingerprint density at radius 2 is 1.97 bits per heavy atom. The second-order valence-corrected chi connectivity index (χ2v) is 7.65. The lowest BCUT2D eigenvalue weighted by Crippen LogP contribution is -2.25. The Balaban J connectivity index is 1.43. The largest absolute Gasteiger partial charge is 0.464 e. The highest BCUT2D eigenvalue weighted by atomic mass is 32.1. The number of H-pyrrole nitrogens is 1. The molecule has 1 aromatic carbocycles. The SMILES string of the molecule is CCn1c(=O)n(CCC(=O)Nc2nc(-c3c[nH]c(C(=O)OC)c3)cs2)c2ccccc21. The normalized spacial score (nSPS) is 11.0. The van der Waals surface area contributed by atoms with Gasteiger partial charge < -0.3 is 15.0 Å². The molecule has 0 spiro atoms. The molecule has 31 heavy (non-hydrogen) atoms. The van der Waals surface area contributed by atoms with Crippen molar-refractivity contribution < 1.29 is 14.3 Å². The van der Waals surface area contributed by atoms with Crippen LogP contribution in [0.25, 0.3) is 22.3 Å². The number of esters is 1. The minimum Gasteiger partial charge on any atom is -0.464 e. The van der Waals surface area contributed by atoms with E-state index in [1.807, 2.05) is 31.2 Å². The molecule has 0 bridgehead atoms. The van der Waals surface area contributed by atoms with Crippen molar-refractivity contribution in [2.45, 2.75) is 26.4 Å². The van der Waals surface area contributed by atoms with E-state index in [0.717, 1.165) is 16.6 Å². The molecule has 0 fully saturated rings. The van der Waals surface area contributed by atoms with E-state index in [0.29, 0.717) is 23.1 Å². The van der Waals surface area contributed by atoms with Crippen molar-refractivity contribution in [2.24, 2.45) is 0 Å². The Morgan fingerprint density at radius 1 is 1.23 bits per heavy atom. The van der Waals surface area contributed by atoms with Crippen LogP contribution in [0.15, 0.2) is 46.7 Å². The number of carbonyl (C=O) groups is 2. The van der Waals surface area contributed by atoms with Crippen LogP contribution in [0.3, 0.4) is 0 Å². The fraction of sp³-hybridized carbons (Fsp3) is 0.238. The number of aryl methyl sites for hydroxylation is 2. The molecule has 0 unspecified atom stereocenters. The molecular weight excluding hydrogens is 418 g/mol. The van der Waals surface area contributed by atoms with Crippen LogP contribution < -0.4 is 11.0 Å². The van der Waals surface area contributed by atoms with Gasteiger partial charge in [0.2, 0.25) is 5.91 Å². The van der Waals surface area contributed by atoms with Gasteiger partial charge in [-0.05, 0) is 25.1 Å². The molecule has 2 N–H and O–H groups in total. The molecular formula is C21H21N5O4S. The molecule has 0 atom stereocenters. The first-order chi connectivity index (χ1) is 15.0. The number of methoxy groups -OCH3 is 1. The fourth-order valence-electron chi connectivity index (χ4n) is 3.42. The van der Waals surface area contributed by atoms with E-state index in [1.165, 1.54) is 18.4 Å². The second kappa shape index (κ2) is 8.60. The lowest BCUT2D eigenvalue weighted by molar-refractivity contribution is -0.116. The predicted octanol–water partition coefficient (Wildman–Crippen LogP) is 3.09. The number of benzene rings is 1. The standard InChI is InChI=1S/C21H21N5O4S/c1-3-25-16-6-4-5-7-17(16)26(21(25)29)9-8-18(27)24-20-23-15(12-31-20)13-10-14(22-11-13)19(28)30-2/h4-7,10-12,22H,3,8-9H2,1-2H3,(H,23,24,27). The number of fused-ring (bicyclic) bond motifs is 1. The number of amides is 1. The minimum absolute atomic E-state index is 0.123. The monoisotopic (exact) mass is 439 g/mol. The summed E-state index contributed by atoms with van der Waals surface area (Å²) in [5, 5.41) is 5.02. The third-order valence-electron chi connectivity index (χ3n) is 4.94.